The van der Waals surface area contributed by atoms with E-state index in [1.165, 1.54) is 0 Å². The molecule has 0 fully saturated rings. The van der Waals surface area contributed by atoms with Crippen molar-refractivity contribution in [3.05, 3.63) is 47.5 Å². The monoisotopic (exact) mass is 224 g/mol. The summed E-state index contributed by atoms with van der Waals surface area (Å²) in [6.07, 6.45) is 0. The Morgan fingerprint density at radius 1 is 1.24 bits per heavy atom. The number of imidazole rings is 1. The van der Waals surface area contributed by atoms with E-state index in [0.29, 0.717) is 11.5 Å². The molecular formula is C12H13LiN2O2. The van der Waals surface area contributed by atoms with Crippen LogP contribution in [0.4, 0.5) is 0 Å². The minimum atomic E-state index is -0.990. The van der Waals surface area contributed by atoms with Gasteiger partial charge in [0.2, 0.25) is 0 Å². The number of hydrogen-bond acceptors (Lipinski definition) is 2. The normalized spacial score (nSPS) is 9.76. The molecule has 0 aliphatic heterocycles. The summed E-state index contributed by atoms with van der Waals surface area (Å²) in [6.45, 7) is 3.56. The van der Waals surface area contributed by atoms with E-state index in [-0.39, 0.29) is 24.6 Å². The number of carboxylic acids is 1. The predicted molar refractivity (Wildman–Crippen MR) is 67.1 cm³/mol. The van der Waals surface area contributed by atoms with E-state index in [2.05, 4.69) is 4.98 Å². The first-order valence-electron chi connectivity index (χ1n) is 4.96. The summed E-state index contributed by atoms with van der Waals surface area (Å²) < 4.78 is 1.84. The van der Waals surface area contributed by atoms with Crippen LogP contribution in [0.5, 0.6) is 0 Å². The molecule has 0 atom stereocenters. The Morgan fingerprint density at radius 2 is 1.82 bits per heavy atom. The molecule has 1 aromatic heterocycles. The van der Waals surface area contributed by atoms with Crippen LogP contribution in [0.15, 0.2) is 30.3 Å². The zero-order valence-electron chi connectivity index (χ0n) is 9.14. The first kappa shape index (κ1) is 13.6. The number of aromatic carboxylic acids is 1. The summed E-state index contributed by atoms with van der Waals surface area (Å²) in [5, 5.41) is 8.97. The Balaban J connectivity index is 0.00000144. The third-order valence-corrected chi connectivity index (χ3v) is 2.49. The molecule has 0 saturated heterocycles. The molecule has 0 aliphatic rings. The van der Waals surface area contributed by atoms with Crippen LogP contribution in [0.25, 0.3) is 5.69 Å². The molecular weight excluding hydrogens is 211 g/mol. The van der Waals surface area contributed by atoms with Gasteiger partial charge in [0.1, 0.15) is 5.82 Å². The van der Waals surface area contributed by atoms with E-state index in [1.807, 2.05) is 34.9 Å². The molecule has 84 valence electrons. The fourth-order valence-electron chi connectivity index (χ4n) is 1.80. The summed E-state index contributed by atoms with van der Waals surface area (Å²) in [5.41, 5.74) is 1.69. The molecule has 0 aliphatic carbocycles. The van der Waals surface area contributed by atoms with E-state index in [0.717, 1.165) is 5.69 Å². The first-order chi connectivity index (χ1) is 7.61. The van der Waals surface area contributed by atoms with E-state index < -0.39 is 5.97 Å². The van der Waals surface area contributed by atoms with Crippen LogP contribution in [0.1, 0.15) is 22.0 Å². The quantitative estimate of drug-likeness (QED) is 0.787. The Morgan fingerprint density at radius 3 is 2.29 bits per heavy atom. The van der Waals surface area contributed by atoms with Gasteiger partial charge in [-0.1, -0.05) is 18.2 Å². The van der Waals surface area contributed by atoms with Gasteiger partial charge in [0.25, 0.3) is 0 Å². The predicted octanol–water partition coefficient (Wildman–Crippen LogP) is 1.54. The number of benzene rings is 1. The molecule has 0 radical (unpaired) electrons. The van der Waals surface area contributed by atoms with Crippen molar-refractivity contribution >= 4 is 24.8 Å². The van der Waals surface area contributed by atoms with Gasteiger partial charge >= 0.3 is 24.8 Å². The zero-order chi connectivity index (χ0) is 11.7. The second kappa shape index (κ2) is 5.22. The summed E-state index contributed by atoms with van der Waals surface area (Å²) >= 11 is 0. The molecule has 4 nitrogen and oxygen atoms in total. The summed E-state index contributed by atoms with van der Waals surface area (Å²) in [6, 6.07) is 9.59. The van der Waals surface area contributed by atoms with Gasteiger partial charge in [0.05, 0.1) is 5.69 Å². The molecule has 1 heterocycles. The van der Waals surface area contributed by atoms with Gasteiger partial charge in [-0.15, -0.1) is 0 Å². The van der Waals surface area contributed by atoms with Crippen LogP contribution in [0.3, 0.4) is 0 Å². The van der Waals surface area contributed by atoms with Gasteiger partial charge in [0, 0.05) is 5.69 Å². The summed E-state index contributed by atoms with van der Waals surface area (Å²) in [7, 11) is 0. The summed E-state index contributed by atoms with van der Waals surface area (Å²) in [4.78, 5) is 15.0. The van der Waals surface area contributed by atoms with Crippen LogP contribution in [0, 0.1) is 13.8 Å². The molecule has 0 spiro atoms. The molecule has 1 aromatic carbocycles. The van der Waals surface area contributed by atoms with Crippen LogP contribution in [-0.4, -0.2) is 39.5 Å². The van der Waals surface area contributed by atoms with Gasteiger partial charge in [-0.3, -0.25) is 0 Å². The standard InChI is InChI=1S/C12H12N2O2.Li.H/c1-8-11(12(15)16)13-9(2)14(8)10-6-4-3-5-7-10;;/h3-7H,1-2H3,(H,15,16);;. The van der Waals surface area contributed by atoms with Crippen molar-refractivity contribution in [2.24, 2.45) is 0 Å². The van der Waals surface area contributed by atoms with E-state index in [1.54, 1.807) is 13.8 Å². The Kier molecular flexibility index (Phi) is 4.16. The van der Waals surface area contributed by atoms with Crippen LogP contribution in [0.2, 0.25) is 0 Å². The van der Waals surface area contributed by atoms with Gasteiger partial charge in [0.15, 0.2) is 5.69 Å². The van der Waals surface area contributed by atoms with Crippen molar-refractivity contribution in [3.63, 3.8) is 0 Å². The number of aryl methyl sites for hydroxylation is 1. The topological polar surface area (TPSA) is 55.1 Å². The molecule has 0 amide bonds. The molecule has 5 heteroatoms. The maximum absolute atomic E-state index is 10.9. The second-order valence-electron chi connectivity index (χ2n) is 3.57. The van der Waals surface area contributed by atoms with Gasteiger partial charge in [-0.2, -0.15) is 0 Å². The molecule has 2 aromatic rings. The average molecular weight is 224 g/mol. The fourth-order valence-corrected chi connectivity index (χ4v) is 1.80. The van der Waals surface area contributed by atoms with Crippen molar-refractivity contribution < 1.29 is 9.90 Å². The van der Waals surface area contributed by atoms with Crippen LogP contribution in [-0.2, 0) is 0 Å². The van der Waals surface area contributed by atoms with Crippen molar-refractivity contribution in [3.8, 4) is 5.69 Å². The van der Waals surface area contributed by atoms with E-state index in [9.17, 15) is 4.79 Å². The van der Waals surface area contributed by atoms with Crippen molar-refractivity contribution in [1.29, 1.82) is 0 Å². The van der Waals surface area contributed by atoms with Gasteiger partial charge < -0.3 is 9.67 Å². The molecule has 17 heavy (non-hydrogen) atoms. The third kappa shape index (κ3) is 2.43. The first-order valence-corrected chi connectivity index (χ1v) is 4.96. The summed E-state index contributed by atoms with van der Waals surface area (Å²) in [5.74, 6) is -0.309. The Bertz CT molecular complexity index is 535. The van der Waals surface area contributed by atoms with Gasteiger partial charge in [-0.25, -0.2) is 9.78 Å². The number of para-hydroxylation sites is 1. The number of hydrogen-bond donors (Lipinski definition) is 1. The third-order valence-electron chi connectivity index (χ3n) is 2.49. The minimum absolute atomic E-state index is 0. The number of aromatic nitrogens is 2. The van der Waals surface area contributed by atoms with Gasteiger partial charge in [-0.05, 0) is 26.0 Å². The fraction of sp³-hybridized carbons (Fsp3) is 0.167. The average Bonchev–Trinajstić information content (AvgIpc) is 2.56. The van der Waals surface area contributed by atoms with E-state index >= 15 is 0 Å². The molecule has 0 saturated carbocycles. The molecule has 0 bridgehead atoms. The number of carboxylic acid groups (broad SMARTS) is 1. The van der Waals surface area contributed by atoms with Crippen LogP contribution >= 0.6 is 0 Å². The maximum atomic E-state index is 10.9. The molecule has 2 rings (SSSR count). The van der Waals surface area contributed by atoms with Crippen molar-refractivity contribution in [1.82, 2.24) is 9.55 Å². The van der Waals surface area contributed by atoms with Crippen molar-refractivity contribution in [2.75, 3.05) is 0 Å². The zero-order valence-corrected chi connectivity index (χ0v) is 9.14. The van der Waals surface area contributed by atoms with Crippen LogP contribution < -0.4 is 0 Å². The molecule has 1 N–H and O–H groups in total. The Labute approximate surface area is 111 Å². The number of rotatable bonds is 2. The molecule has 0 unspecified atom stereocenters. The SMILES string of the molecule is Cc1nc(C(=O)O)c(C)n1-c1ccccc1.[LiH]. The number of nitrogens with zero attached hydrogens (tertiary/aromatic N) is 2. The second-order valence-corrected chi connectivity index (χ2v) is 3.57. The Hall–Kier alpha value is -1.50. The van der Waals surface area contributed by atoms with Crippen molar-refractivity contribution in [2.45, 2.75) is 13.8 Å². The van der Waals surface area contributed by atoms with E-state index in [4.69, 9.17) is 5.11 Å². The number of carbonyl (C=O) groups is 1.